The van der Waals surface area contributed by atoms with Crippen molar-refractivity contribution in [2.45, 2.75) is 88.6 Å². The van der Waals surface area contributed by atoms with Crippen LogP contribution >= 0.6 is 0 Å². The van der Waals surface area contributed by atoms with Gasteiger partial charge in [0, 0.05) is 28.3 Å². The number of aryl methyl sites for hydroxylation is 4. The summed E-state index contributed by atoms with van der Waals surface area (Å²) >= 11 is 0. The second-order valence-electron chi connectivity index (χ2n) is 16.2. The number of aliphatic carboxylic acids is 1. The van der Waals surface area contributed by atoms with Crippen molar-refractivity contribution >= 4 is 11.9 Å². The molecule has 330 valence electrons. The van der Waals surface area contributed by atoms with Gasteiger partial charge in [0.1, 0.15) is 49.0 Å². The Morgan fingerprint density at radius 1 is 0.635 bits per heavy atom. The Morgan fingerprint density at radius 3 is 1.46 bits per heavy atom. The number of carbonyl (C=O) groups is 2. The fourth-order valence-electron chi connectivity index (χ4n) is 8.41. The number of carboxylic acids is 1. The van der Waals surface area contributed by atoms with Gasteiger partial charge in [0.2, 0.25) is 0 Å². The third-order valence-electron chi connectivity index (χ3n) is 12.0. The molecule has 0 radical (unpaired) electrons. The van der Waals surface area contributed by atoms with Crippen molar-refractivity contribution in [1.29, 1.82) is 0 Å². The highest BCUT2D eigenvalue weighted by Crippen LogP contribution is 2.31. The molecule has 4 aromatic carbocycles. The molecular formula is C49H56N6O8. The van der Waals surface area contributed by atoms with Gasteiger partial charge in [0.05, 0.1) is 44.0 Å². The number of hydrogen-bond donors (Lipinski definition) is 1. The van der Waals surface area contributed by atoms with E-state index in [9.17, 15) is 14.7 Å². The molecule has 2 heterocycles. The highest BCUT2D eigenvalue weighted by molar-refractivity contribution is 5.71. The van der Waals surface area contributed by atoms with E-state index in [-0.39, 0.29) is 30.6 Å². The Labute approximate surface area is 368 Å². The summed E-state index contributed by atoms with van der Waals surface area (Å²) in [7, 11) is 8.64. The van der Waals surface area contributed by atoms with Gasteiger partial charge in [-0.1, -0.05) is 60.7 Å². The van der Waals surface area contributed by atoms with Crippen molar-refractivity contribution in [1.82, 2.24) is 29.5 Å². The predicted molar refractivity (Wildman–Crippen MR) is 235 cm³/mol. The number of methoxy groups -OCH3 is 3. The molecule has 14 nitrogen and oxygen atoms in total. The average Bonchev–Trinajstić information content (AvgIpc) is 3.95. The van der Waals surface area contributed by atoms with Gasteiger partial charge in [-0.05, 0) is 107 Å². The monoisotopic (exact) mass is 856 g/mol. The molecule has 0 saturated carbocycles. The number of fused-ring (bicyclic) bond motifs is 2. The van der Waals surface area contributed by atoms with E-state index in [1.807, 2.05) is 67.2 Å². The Kier molecular flexibility index (Phi) is 15.0. The number of rotatable bonds is 16. The first-order valence-electron chi connectivity index (χ1n) is 21.3. The lowest BCUT2D eigenvalue weighted by atomic mass is 9.88. The molecule has 0 bridgehead atoms. The van der Waals surface area contributed by atoms with Crippen LogP contribution in [0.15, 0.2) is 97.6 Å². The van der Waals surface area contributed by atoms with Gasteiger partial charge in [-0.3, -0.25) is 9.59 Å². The molecule has 2 unspecified atom stereocenters. The summed E-state index contributed by atoms with van der Waals surface area (Å²) < 4.78 is 31.5. The summed E-state index contributed by atoms with van der Waals surface area (Å²) in [5.41, 5.74) is 9.63. The van der Waals surface area contributed by atoms with Crippen molar-refractivity contribution in [3.63, 3.8) is 0 Å². The molecular weight excluding hydrogens is 801 g/mol. The number of benzene rings is 4. The van der Waals surface area contributed by atoms with Gasteiger partial charge in [-0.25, -0.2) is 0 Å². The first-order valence-corrected chi connectivity index (χ1v) is 21.3. The fraction of sp³-hybridized carbons (Fsp3) is 0.388. The molecule has 2 aromatic heterocycles. The molecule has 4 atom stereocenters. The zero-order valence-corrected chi connectivity index (χ0v) is 36.6. The SMILES string of the molecule is COC(=O)C[C@@H](c1ccc(OCc2ccc3c(c2)CCC(OC)C3)cc1)c1nncn1C.COC1CCc2cc(COc3ccc([C@H](CC(=O)O)c4nncn4C)cc3)ccc2C1. The van der Waals surface area contributed by atoms with E-state index >= 15 is 0 Å². The van der Waals surface area contributed by atoms with Gasteiger partial charge >= 0.3 is 11.9 Å². The summed E-state index contributed by atoms with van der Waals surface area (Å²) in [6.45, 7) is 0.997. The number of nitrogens with zero attached hydrogens (tertiary/aromatic N) is 6. The molecule has 14 heteroatoms. The third-order valence-corrected chi connectivity index (χ3v) is 12.0. The van der Waals surface area contributed by atoms with Gasteiger partial charge in [-0.2, -0.15) is 0 Å². The zero-order valence-electron chi connectivity index (χ0n) is 36.6. The van der Waals surface area contributed by atoms with E-state index in [2.05, 4.69) is 56.8 Å². The highest BCUT2D eigenvalue weighted by Gasteiger charge is 2.25. The number of hydrogen-bond acceptors (Lipinski definition) is 11. The predicted octanol–water partition coefficient (Wildman–Crippen LogP) is 7.10. The van der Waals surface area contributed by atoms with Crippen LogP contribution < -0.4 is 9.47 Å². The van der Waals surface area contributed by atoms with Crippen LogP contribution in [0.4, 0.5) is 0 Å². The first-order chi connectivity index (χ1) is 30.6. The van der Waals surface area contributed by atoms with E-state index in [0.717, 1.165) is 72.3 Å². The van der Waals surface area contributed by atoms with Crippen LogP contribution in [0, 0.1) is 0 Å². The smallest absolute Gasteiger partial charge is 0.306 e. The van der Waals surface area contributed by atoms with Crippen molar-refractivity contribution in [2.75, 3.05) is 21.3 Å². The van der Waals surface area contributed by atoms with Crippen molar-refractivity contribution in [3.05, 3.63) is 154 Å². The Bertz CT molecular complexity index is 2450. The molecule has 0 aliphatic heterocycles. The second kappa shape index (κ2) is 21.1. The molecule has 8 rings (SSSR count). The summed E-state index contributed by atoms with van der Waals surface area (Å²) in [4.78, 5) is 23.3. The molecule has 0 fully saturated rings. The van der Waals surface area contributed by atoms with E-state index < -0.39 is 5.97 Å². The lowest BCUT2D eigenvalue weighted by Gasteiger charge is -2.24. The Hall–Kier alpha value is -6.38. The molecule has 63 heavy (non-hydrogen) atoms. The van der Waals surface area contributed by atoms with Crippen LogP contribution in [0.2, 0.25) is 0 Å². The van der Waals surface area contributed by atoms with Crippen LogP contribution in [0.3, 0.4) is 0 Å². The number of esters is 1. The van der Waals surface area contributed by atoms with Gasteiger partial charge < -0.3 is 37.9 Å². The number of ether oxygens (including phenoxy) is 5. The van der Waals surface area contributed by atoms with Crippen molar-refractivity contribution < 1.29 is 38.4 Å². The molecule has 2 aliphatic carbocycles. The minimum absolute atomic E-state index is 0.0498. The van der Waals surface area contributed by atoms with Crippen LogP contribution in [-0.2, 0) is 76.8 Å². The largest absolute Gasteiger partial charge is 0.489 e. The lowest BCUT2D eigenvalue weighted by molar-refractivity contribution is -0.141. The number of aromatic nitrogens is 6. The standard InChI is InChI=1S/C25H29N3O4.C24H27N3O4/c1-28-16-26-27-25(28)23(14-24(29)31-3)18-6-9-21(10-7-18)32-15-17-4-5-20-13-22(30-2)11-8-19(20)12-17;1-27-15-25-26-24(27)22(13-23(28)29)17-5-8-20(9-6-17)31-14-16-3-4-19-12-21(30-2)10-7-18(19)11-16/h4-7,9-10,12,16,22-23H,8,11,13-15H2,1-3H3;3-6,8-9,11,15,21-22H,7,10,12-14H2,1-2H3,(H,28,29)/t22?,23-;21?,22-/m00/s1. The van der Waals surface area contributed by atoms with Gasteiger partial charge in [0.15, 0.2) is 0 Å². The zero-order chi connectivity index (χ0) is 44.3. The van der Waals surface area contributed by atoms with E-state index in [1.165, 1.54) is 29.4 Å². The van der Waals surface area contributed by atoms with Gasteiger partial charge in [-0.15, -0.1) is 20.4 Å². The van der Waals surface area contributed by atoms with Crippen LogP contribution in [0.1, 0.15) is 93.7 Å². The summed E-state index contributed by atoms with van der Waals surface area (Å²) in [5, 5.41) is 25.4. The molecule has 2 aliphatic rings. The fourth-order valence-corrected chi connectivity index (χ4v) is 8.41. The van der Waals surface area contributed by atoms with E-state index in [4.69, 9.17) is 23.7 Å². The number of carboxylic acid groups (broad SMARTS) is 1. The summed E-state index contributed by atoms with van der Waals surface area (Å²) in [5.74, 6) is 1.10. The quantitative estimate of drug-likeness (QED) is 0.0986. The number of carbonyl (C=O) groups excluding carboxylic acids is 1. The third kappa shape index (κ3) is 11.6. The highest BCUT2D eigenvalue weighted by atomic mass is 16.5. The average molecular weight is 857 g/mol. The minimum Gasteiger partial charge on any atom is -0.489 e. The molecule has 0 saturated heterocycles. The Balaban J connectivity index is 0.000000189. The second-order valence-corrected chi connectivity index (χ2v) is 16.2. The first kappa shape index (κ1) is 44.7. The maximum absolute atomic E-state index is 12.0. The van der Waals surface area contributed by atoms with Crippen molar-refractivity contribution in [2.24, 2.45) is 14.1 Å². The van der Waals surface area contributed by atoms with Crippen molar-refractivity contribution in [3.8, 4) is 11.5 Å². The maximum Gasteiger partial charge on any atom is 0.306 e. The van der Waals surface area contributed by atoms with E-state index in [1.54, 1.807) is 31.4 Å². The maximum atomic E-state index is 12.0. The summed E-state index contributed by atoms with van der Waals surface area (Å²) in [6, 6.07) is 28.4. The van der Waals surface area contributed by atoms with Crippen LogP contribution in [0.5, 0.6) is 11.5 Å². The normalized spacial score (nSPS) is 16.4. The molecule has 0 spiro atoms. The summed E-state index contributed by atoms with van der Waals surface area (Å²) in [6.07, 6.45) is 10.1. The van der Waals surface area contributed by atoms with Crippen LogP contribution in [-0.4, -0.2) is 80.1 Å². The minimum atomic E-state index is -0.877. The topological polar surface area (TPSA) is 162 Å². The molecule has 1 N–H and O–H groups in total. The lowest BCUT2D eigenvalue weighted by Crippen LogP contribution is -2.21. The molecule has 0 amide bonds. The van der Waals surface area contributed by atoms with Crippen LogP contribution in [0.25, 0.3) is 0 Å². The van der Waals surface area contributed by atoms with Gasteiger partial charge in [0.25, 0.3) is 0 Å². The molecule has 6 aromatic rings. The van der Waals surface area contributed by atoms with E-state index in [0.29, 0.717) is 37.1 Å². The Morgan fingerprint density at radius 2 is 1.08 bits per heavy atom.